The number of benzene rings is 1. The van der Waals surface area contributed by atoms with Gasteiger partial charge in [-0.05, 0) is 30.5 Å². The van der Waals surface area contributed by atoms with Gasteiger partial charge in [0.15, 0.2) is 0 Å². The van der Waals surface area contributed by atoms with Crippen LogP contribution >= 0.6 is 0 Å². The lowest BCUT2D eigenvalue weighted by molar-refractivity contribution is 0.0774. The topological polar surface area (TPSA) is 40.5 Å². The van der Waals surface area contributed by atoms with Gasteiger partial charge in [0.25, 0.3) is 5.91 Å². The van der Waals surface area contributed by atoms with Crippen molar-refractivity contribution in [2.75, 3.05) is 20.2 Å². The summed E-state index contributed by atoms with van der Waals surface area (Å²) in [4.78, 5) is 14.2. The first-order chi connectivity index (χ1) is 9.49. The predicted octanol–water partition coefficient (Wildman–Crippen LogP) is 2.46. The van der Waals surface area contributed by atoms with Crippen LogP contribution in [0.1, 0.15) is 41.8 Å². The van der Waals surface area contributed by atoms with Gasteiger partial charge >= 0.3 is 0 Å². The highest BCUT2D eigenvalue weighted by Gasteiger charge is 2.16. The monoisotopic (exact) mass is 273 g/mol. The Hall–Kier alpha value is -1.79. The number of hydrogen-bond donors (Lipinski definition) is 1. The van der Waals surface area contributed by atoms with E-state index in [0.29, 0.717) is 17.0 Å². The fraction of sp³-hybridized carbons (Fsp3) is 0.471. The fourth-order valence-corrected chi connectivity index (χ4v) is 1.97. The lowest BCUT2D eigenvalue weighted by Crippen LogP contribution is -2.31. The smallest absolute Gasteiger partial charge is 0.254 e. The molecule has 0 aliphatic heterocycles. The largest absolute Gasteiger partial charge is 0.384 e. The molecule has 1 unspecified atom stereocenters. The van der Waals surface area contributed by atoms with E-state index in [1.54, 1.807) is 4.90 Å². The zero-order valence-corrected chi connectivity index (χ0v) is 12.7. The van der Waals surface area contributed by atoms with Crippen LogP contribution < -0.4 is 0 Å². The van der Waals surface area contributed by atoms with Crippen molar-refractivity contribution >= 4 is 5.91 Å². The molecular weight excluding hydrogens is 250 g/mol. The number of rotatable bonds is 4. The second kappa shape index (κ2) is 7.72. The molecule has 0 bridgehead atoms. The molecule has 1 atom stereocenters. The molecule has 20 heavy (non-hydrogen) atoms. The zero-order valence-electron chi connectivity index (χ0n) is 12.7. The first-order valence-electron chi connectivity index (χ1n) is 6.95. The second-order valence-electron chi connectivity index (χ2n) is 5.21. The summed E-state index contributed by atoms with van der Waals surface area (Å²) in [6, 6.07) is 5.60. The standard InChI is InChI=1S/C17H23NO2/c1-5-13(2)12-18(4)17(20)16-9-8-14(3)11-15(16)7-6-10-19/h8-9,11,13,19H,5,10,12H2,1-4H3. The van der Waals surface area contributed by atoms with Gasteiger partial charge in [-0.2, -0.15) is 0 Å². The van der Waals surface area contributed by atoms with E-state index in [0.717, 1.165) is 18.5 Å². The highest BCUT2D eigenvalue weighted by Crippen LogP contribution is 2.14. The van der Waals surface area contributed by atoms with Gasteiger partial charge in [0.05, 0.1) is 5.56 Å². The van der Waals surface area contributed by atoms with Crippen LogP contribution in [-0.4, -0.2) is 36.1 Å². The summed E-state index contributed by atoms with van der Waals surface area (Å²) in [5.74, 6) is 5.92. The van der Waals surface area contributed by atoms with Crippen molar-refractivity contribution in [3.63, 3.8) is 0 Å². The summed E-state index contributed by atoms with van der Waals surface area (Å²) in [6.45, 7) is 6.74. The van der Waals surface area contributed by atoms with Crippen molar-refractivity contribution in [3.05, 3.63) is 34.9 Å². The molecule has 0 aliphatic carbocycles. The molecule has 1 amide bonds. The third-order valence-corrected chi connectivity index (χ3v) is 3.34. The molecule has 0 saturated carbocycles. The van der Waals surface area contributed by atoms with E-state index in [9.17, 15) is 4.79 Å². The average Bonchev–Trinajstić information content (AvgIpc) is 2.44. The Morgan fingerprint density at radius 1 is 1.45 bits per heavy atom. The molecule has 0 aromatic heterocycles. The third kappa shape index (κ3) is 4.40. The molecule has 0 spiro atoms. The van der Waals surface area contributed by atoms with Gasteiger partial charge < -0.3 is 10.0 Å². The zero-order chi connectivity index (χ0) is 15.1. The molecule has 0 fully saturated rings. The van der Waals surface area contributed by atoms with Crippen LogP contribution in [0.2, 0.25) is 0 Å². The van der Waals surface area contributed by atoms with Crippen LogP contribution in [0.3, 0.4) is 0 Å². The minimum atomic E-state index is -0.204. The van der Waals surface area contributed by atoms with Crippen LogP contribution in [0.5, 0.6) is 0 Å². The van der Waals surface area contributed by atoms with Crippen LogP contribution in [0.4, 0.5) is 0 Å². The summed E-state index contributed by atoms with van der Waals surface area (Å²) in [7, 11) is 1.82. The normalized spacial score (nSPS) is 11.4. The quantitative estimate of drug-likeness (QED) is 0.856. The Labute approximate surface area is 121 Å². The Morgan fingerprint density at radius 2 is 2.15 bits per heavy atom. The van der Waals surface area contributed by atoms with Crippen molar-refractivity contribution in [2.45, 2.75) is 27.2 Å². The Morgan fingerprint density at radius 3 is 2.75 bits per heavy atom. The van der Waals surface area contributed by atoms with Gasteiger partial charge in [-0.25, -0.2) is 0 Å². The van der Waals surface area contributed by atoms with Gasteiger partial charge in [-0.1, -0.05) is 38.2 Å². The molecule has 108 valence electrons. The Balaban J connectivity index is 3.03. The molecule has 0 radical (unpaired) electrons. The maximum atomic E-state index is 12.5. The molecule has 1 aromatic rings. The molecule has 3 heteroatoms. The number of carbonyl (C=O) groups excluding carboxylic acids is 1. The summed E-state index contributed by atoms with van der Waals surface area (Å²) in [5.41, 5.74) is 2.33. The highest BCUT2D eigenvalue weighted by atomic mass is 16.2. The van der Waals surface area contributed by atoms with E-state index in [2.05, 4.69) is 25.7 Å². The molecule has 0 heterocycles. The van der Waals surface area contributed by atoms with Crippen molar-refractivity contribution in [1.29, 1.82) is 0 Å². The van der Waals surface area contributed by atoms with Gasteiger partial charge in [-0.3, -0.25) is 4.79 Å². The first kappa shape index (κ1) is 16.3. The number of aryl methyl sites for hydroxylation is 1. The molecule has 1 N–H and O–H groups in total. The maximum Gasteiger partial charge on any atom is 0.254 e. The fourth-order valence-electron chi connectivity index (χ4n) is 1.97. The van der Waals surface area contributed by atoms with Gasteiger partial charge in [-0.15, -0.1) is 0 Å². The Kier molecular flexibility index (Phi) is 6.27. The summed E-state index contributed by atoms with van der Waals surface area (Å²) >= 11 is 0. The van der Waals surface area contributed by atoms with Crippen molar-refractivity contribution in [3.8, 4) is 11.8 Å². The Bertz CT molecular complexity index is 526. The van der Waals surface area contributed by atoms with E-state index in [1.165, 1.54) is 0 Å². The average molecular weight is 273 g/mol. The minimum absolute atomic E-state index is 0.0208. The van der Waals surface area contributed by atoms with Gasteiger partial charge in [0.2, 0.25) is 0 Å². The van der Waals surface area contributed by atoms with Crippen LogP contribution in [0.15, 0.2) is 18.2 Å². The molecule has 3 nitrogen and oxygen atoms in total. The summed E-state index contributed by atoms with van der Waals surface area (Å²) in [6.07, 6.45) is 1.04. The lowest BCUT2D eigenvalue weighted by Gasteiger charge is -2.21. The highest BCUT2D eigenvalue weighted by molar-refractivity contribution is 5.96. The number of aliphatic hydroxyl groups is 1. The maximum absolute atomic E-state index is 12.5. The number of carbonyl (C=O) groups is 1. The van der Waals surface area contributed by atoms with Crippen molar-refractivity contribution < 1.29 is 9.90 Å². The number of hydrogen-bond acceptors (Lipinski definition) is 2. The predicted molar refractivity (Wildman–Crippen MR) is 81.6 cm³/mol. The SMILES string of the molecule is CCC(C)CN(C)C(=O)c1ccc(C)cc1C#CCO. The summed E-state index contributed by atoms with van der Waals surface area (Å²) in [5, 5.41) is 8.82. The van der Waals surface area contributed by atoms with E-state index in [-0.39, 0.29) is 12.5 Å². The van der Waals surface area contributed by atoms with Crippen LogP contribution in [-0.2, 0) is 0 Å². The van der Waals surface area contributed by atoms with Gasteiger partial charge in [0.1, 0.15) is 6.61 Å². The van der Waals surface area contributed by atoms with E-state index < -0.39 is 0 Å². The molecule has 0 aliphatic rings. The van der Waals surface area contributed by atoms with E-state index >= 15 is 0 Å². The number of amides is 1. The number of aliphatic hydroxyl groups excluding tert-OH is 1. The van der Waals surface area contributed by atoms with Crippen LogP contribution in [0.25, 0.3) is 0 Å². The van der Waals surface area contributed by atoms with E-state index in [4.69, 9.17) is 5.11 Å². The molecule has 1 aromatic carbocycles. The van der Waals surface area contributed by atoms with Crippen molar-refractivity contribution in [2.24, 2.45) is 5.92 Å². The third-order valence-electron chi connectivity index (χ3n) is 3.34. The minimum Gasteiger partial charge on any atom is -0.384 e. The number of nitrogens with zero attached hydrogens (tertiary/aromatic N) is 1. The molecular formula is C17H23NO2. The lowest BCUT2D eigenvalue weighted by atomic mass is 10.0. The second-order valence-corrected chi connectivity index (χ2v) is 5.21. The van der Waals surface area contributed by atoms with Gasteiger partial charge in [0, 0.05) is 19.2 Å². The first-order valence-corrected chi connectivity index (χ1v) is 6.95. The van der Waals surface area contributed by atoms with Crippen LogP contribution in [0, 0.1) is 24.7 Å². The molecule has 1 rings (SSSR count). The molecule has 0 saturated heterocycles. The van der Waals surface area contributed by atoms with Crippen molar-refractivity contribution in [1.82, 2.24) is 4.90 Å². The van der Waals surface area contributed by atoms with E-state index in [1.807, 2.05) is 32.2 Å². The summed E-state index contributed by atoms with van der Waals surface area (Å²) < 4.78 is 0.